The lowest BCUT2D eigenvalue weighted by Gasteiger charge is -2.33. The summed E-state index contributed by atoms with van der Waals surface area (Å²) in [5.74, 6) is 0.419. The van der Waals surface area contributed by atoms with E-state index in [4.69, 9.17) is 16.3 Å². The Balaban J connectivity index is 1.51. The minimum Gasteiger partial charge on any atom is -0.489 e. The van der Waals surface area contributed by atoms with Gasteiger partial charge >= 0.3 is 6.18 Å². The molecule has 30 heavy (non-hydrogen) atoms. The van der Waals surface area contributed by atoms with Crippen LogP contribution in [0.3, 0.4) is 0 Å². The van der Waals surface area contributed by atoms with E-state index in [2.05, 4.69) is 5.10 Å². The van der Waals surface area contributed by atoms with Crippen LogP contribution in [0.4, 0.5) is 19.0 Å². The number of amides is 1. The lowest BCUT2D eigenvalue weighted by Crippen LogP contribution is -2.42. The molecule has 5 nitrogen and oxygen atoms in total. The molecule has 0 bridgehead atoms. The number of hydrogen-bond donors (Lipinski definition) is 0. The first-order valence-electron chi connectivity index (χ1n) is 9.13. The first-order chi connectivity index (χ1) is 14.2. The molecule has 2 aromatic heterocycles. The first kappa shape index (κ1) is 20.7. The molecule has 0 spiro atoms. The number of anilines is 1. The molecular weight excluding hydrogens is 439 g/mol. The average molecular weight is 456 g/mol. The number of alkyl halides is 3. The fourth-order valence-corrected chi connectivity index (χ4v) is 4.38. The molecule has 1 atom stereocenters. The molecule has 3 heterocycles. The third-order valence-electron chi connectivity index (χ3n) is 4.73. The molecule has 0 fully saturated rings. The summed E-state index contributed by atoms with van der Waals surface area (Å²) in [5, 5.41) is 6.33. The maximum Gasteiger partial charge on any atom is 0.410 e. The molecule has 4 rings (SSSR count). The van der Waals surface area contributed by atoms with Crippen molar-refractivity contribution in [2.45, 2.75) is 32.2 Å². The van der Waals surface area contributed by atoms with Crippen molar-refractivity contribution in [3.05, 3.63) is 62.9 Å². The van der Waals surface area contributed by atoms with Crippen molar-refractivity contribution in [3.8, 4) is 5.75 Å². The van der Waals surface area contributed by atoms with Crippen molar-refractivity contribution in [2.75, 3.05) is 11.4 Å². The second kappa shape index (κ2) is 7.96. The summed E-state index contributed by atoms with van der Waals surface area (Å²) in [7, 11) is 0. The molecule has 0 saturated heterocycles. The van der Waals surface area contributed by atoms with Crippen molar-refractivity contribution in [3.63, 3.8) is 0 Å². The van der Waals surface area contributed by atoms with Crippen LogP contribution in [0.2, 0.25) is 5.02 Å². The summed E-state index contributed by atoms with van der Waals surface area (Å²) in [6.45, 7) is 1.83. The number of carbonyl (C=O) groups is 1. The van der Waals surface area contributed by atoms with Gasteiger partial charge in [-0.15, -0.1) is 11.3 Å². The van der Waals surface area contributed by atoms with Crippen LogP contribution in [-0.4, -0.2) is 28.4 Å². The monoisotopic (exact) mass is 455 g/mol. The lowest BCUT2D eigenvalue weighted by atomic mass is 10.1. The third-order valence-corrected chi connectivity index (χ3v) is 5.93. The Morgan fingerprint density at radius 2 is 2.13 bits per heavy atom. The lowest BCUT2D eigenvalue weighted by molar-refractivity contribution is -0.172. The van der Waals surface area contributed by atoms with E-state index in [0.717, 1.165) is 10.2 Å². The molecule has 1 aliphatic heterocycles. The molecule has 3 aromatic rings. The van der Waals surface area contributed by atoms with Crippen molar-refractivity contribution in [1.82, 2.24) is 9.78 Å². The SMILES string of the molecule is Cc1cc2n(n1)C(C(F)(F)F)CCN2C(=O)c1cc(COc2cccc(Cl)c2)cs1. The van der Waals surface area contributed by atoms with Crippen molar-refractivity contribution >= 4 is 34.7 Å². The number of carbonyl (C=O) groups excluding carboxylic acids is 1. The zero-order valence-corrected chi connectivity index (χ0v) is 17.4. The van der Waals surface area contributed by atoms with Crippen LogP contribution in [0, 0.1) is 6.92 Å². The number of hydrogen-bond acceptors (Lipinski definition) is 4. The van der Waals surface area contributed by atoms with Crippen LogP contribution in [0.5, 0.6) is 5.75 Å². The highest BCUT2D eigenvalue weighted by Gasteiger charge is 2.46. The van der Waals surface area contributed by atoms with Crippen molar-refractivity contribution in [1.29, 1.82) is 0 Å². The van der Waals surface area contributed by atoms with Gasteiger partial charge in [-0.25, -0.2) is 4.68 Å². The predicted molar refractivity (Wildman–Crippen MR) is 108 cm³/mol. The van der Waals surface area contributed by atoms with Gasteiger partial charge in [0.2, 0.25) is 0 Å². The minimum absolute atomic E-state index is 0.0274. The van der Waals surface area contributed by atoms with Crippen LogP contribution in [0.1, 0.15) is 33.4 Å². The van der Waals surface area contributed by atoms with Crippen LogP contribution >= 0.6 is 22.9 Å². The van der Waals surface area contributed by atoms with Gasteiger partial charge in [0.25, 0.3) is 5.91 Å². The molecule has 0 aliphatic carbocycles. The molecule has 158 valence electrons. The number of ether oxygens (including phenoxy) is 1. The maximum atomic E-state index is 13.3. The molecule has 0 saturated carbocycles. The van der Waals surface area contributed by atoms with Gasteiger partial charge in [-0.3, -0.25) is 9.69 Å². The Morgan fingerprint density at radius 1 is 1.33 bits per heavy atom. The third kappa shape index (κ3) is 4.17. The fraction of sp³-hybridized carbons (Fsp3) is 0.300. The number of rotatable bonds is 4. The summed E-state index contributed by atoms with van der Waals surface area (Å²) in [5.41, 5.74) is 1.22. The number of aryl methyl sites for hydroxylation is 1. The predicted octanol–water partition coefficient (Wildman–Crippen LogP) is 5.64. The van der Waals surface area contributed by atoms with Gasteiger partial charge in [0, 0.05) is 23.2 Å². The summed E-state index contributed by atoms with van der Waals surface area (Å²) in [6.07, 6.45) is -4.66. The molecule has 1 amide bonds. The Bertz CT molecular complexity index is 1080. The van der Waals surface area contributed by atoms with Gasteiger partial charge in [0.1, 0.15) is 18.2 Å². The van der Waals surface area contributed by atoms with E-state index in [9.17, 15) is 18.0 Å². The van der Waals surface area contributed by atoms with Crippen molar-refractivity contribution < 1.29 is 22.7 Å². The van der Waals surface area contributed by atoms with Gasteiger partial charge in [-0.2, -0.15) is 18.3 Å². The Kier molecular flexibility index (Phi) is 5.50. The minimum atomic E-state index is -4.42. The standard InChI is InChI=1S/C20H17ClF3N3O2S/c1-12-7-18-26(6-5-17(20(22,23)24)27(18)25-12)19(28)16-8-13(11-30-16)10-29-15-4-2-3-14(21)9-15/h2-4,7-9,11,17H,5-6,10H2,1H3. The highest BCUT2D eigenvalue weighted by Crippen LogP contribution is 2.40. The summed E-state index contributed by atoms with van der Waals surface area (Å²) in [4.78, 5) is 14.8. The second-order valence-corrected chi connectivity index (χ2v) is 8.30. The molecule has 0 radical (unpaired) electrons. The Labute approximate surface area is 179 Å². The molecule has 1 aliphatic rings. The van der Waals surface area contributed by atoms with E-state index in [1.165, 1.54) is 22.3 Å². The average Bonchev–Trinajstić information content (AvgIpc) is 3.30. The smallest absolute Gasteiger partial charge is 0.410 e. The zero-order valence-electron chi connectivity index (χ0n) is 15.8. The van der Waals surface area contributed by atoms with Gasteiger partial charge in [-0.1, -0.05) is 17.7 Å². The summed E-state index contributed by atoms with van der Waals surface area (Å²) < 4.78 is 46.6. The Hall–Kier alpha value is -2.52. The molecule has 10 heteroatoms. The summed E-state index contributed by atoms with van der Waals surface area (Å²) in [6, 6.07) is 8.45. The van der Waals surface area contributed by atoms with E-state index < -0.39 is 12.2 Å². The second-order valence-electron chi connectivity index (χ2n) is 6.96. The highest BCUT2D eigenvalue weighted by molar-refractivity contribution is 7.12. The van der Waals surface area contributed by atoms with E-state index in [1.807, 2.05) is 0 Å². The highest BCUT2D eigenvalue weighted by atomic mass is 35.5. The van der Waals surface area contributed by atoms with Gasteiger partial charge in [0.15, 0.2) is 6.04 Å². The fourth-order valence-electron chi connectivity index (χ4n) is 3.35. The topological polar surface area (TPSA) is 47.4 Å². The van der Waals surface area contributed by atoms with E-state index in [0.29, 0.717) is 21.3 Å². The van der Waals surface area contributed by atoms with Crippen molar-refractivity contribution in [2.24, 2.45) is 0 Å². The molecule has 1 unspecified atom stereocenters. The van der Waals surface area contributed by atoms with Crippen LogP contribution in [0.15, 0.2) is 41.8 Å². The number of benzene rings is 1. The maximum absolute atomic E-state index is 13.3. The molecular formula is C20H17ClF3N3O2S. The number of halogens is 4. The summed E-state index contributed by atoms with van der Waals surface area (Å²) >= 11 is 7.16. The van der Waals surface area contributed by atoms with Crippen LogP contribution < -0.4 is 9.64 Å². The first-order valence-corrected chi connectivity index (χ1v) is 10.4. The number of fused-ring (bicyclic) bond motifs is 1. The zero-order chi connectivity index (χ0) is 21.5. The number of aromatic nitrogens is 2. The van der Waals surface area contributed by atoms with Gasteiger partial charge < -0.3 is 4.74 Å². The van der Waals surface area contributed by atoms with E-state index >= 15 is 0 Å². The van der Waals surface area contributed by atoms with Crippen LogP contribution in [0.25, 0.3) is 0 Å². The number of nitrogens with zero attached hydrogens (tertiary/aromatic N) is 3. The van der Waals surface area contributed by atoms with Gasteiger partial charge in [0.05, 0.1) is 10.6 Å². The quantitative estimate of drug-likeness (QED) is 0.511. The number of thiophene rings is 1. The van der Waals surface area contributed by atoms with E-state index in [-0.39, 0.29) is 31.3 Å². The molecule has 1 aromatic carbocycles. The normalized spacial score (nSPS) is 16.4. The largest absolute Gasteiger partial charge is 0.489 e. The van der Waals surface area contributed by atoms with E-state index in [1.54, 1.807) is 42.6 Å². The van der Waals surface area contributed by atoms with Crippen LogP contribution in [-0.2, 0) is 6.61 Å². The Morgan fingerprint density at radius 3 is 2.87 bits per heavy atom. The molecule has 0 N–H and O–H groups in total. The van der Waals surface area contributed by atoms with Gasteiger partial charge in [-0.05, 0) is 43.0 Å².